The van der Waals surface area contributed by atoms with Gasteiger partial charge in [-0.05, 0) is 62.2 Å². The van der Waals surface area contributed by atoms with Gasteiger partial charge < -0.3 is 10.1 Å². The molecule has 4 rings (SSSR count). The zero-order valence-electron chi connectivity index (χ0n) is 15.1. The molecule has 29 heavy (non-hydrogen) atoms. The molecule has 2 heterocycles. The molecule has 6 nitrogen and oxygen atoms in total. The molecule has 1 N–H and O–H groups in total. The first kappa shape index (κ1) is 19.8. The predicted molar refractivity (Wildman–Crippen MR) is 121 cm³/mol. The fraction of sp³-hybridized carbons (Fsp3) is 0.0500. The van der Waals surface area contributed by atoms with Gasteiger partial charge in [-0.3, -0.25) is 4.79 Å². The molecule has 0 bridgehead atoms. The summed E-state index contributed by atoms with van der Waals surface area (Å²) in [6, 6.07) is 15.0. The van der Waals surface area contributed by atoms with Crippen molar-refractivity contribution in [1.29, 1.82) is 0 Å². The van der Waals surface area contributed by atoms with E-state index in [0.29, 0.717) is 10.6 Å². The zero-order chi connectivity index (χ0) is 20.4. The Kier molecular flexibility index (Phi) is 5.79. The van der Waals surface area contributed by atoms with Crippen LogP contribution in [0.5, 0.6) is 5.75 Å². The Hall–Kier alpha value is -2.49. The molecule has 2 aromatic heterocycles. The first-order valence-corrected chi connectivity index (χ1v) is 10.9. The molecule has 0 aliphatic heterocycles. The average molecular weight is 534 g/mol. The number of nitrogens with one attached hydrogen (secondary N) is 1. The van der Waals surface area contributed by atoms with Crippen LogP contribution in [-0.2, 0) is 0 Å². The highest BCUT2D eigenvalue weighted by Gasteiger charge is 2.11. The Labute approximate surface area is 187 Å². The van der Waals surface area contributed by atoms with Gasteiger partial charge in [0.15, 0.2) is 0 Å². The number of hydrogen-bond acceptors (Lipinski definition) is 5. The normalized spacial score (nSPS) is 10.7. The van der Waals surface area contributed by atoms with Gasteiger partial charge in [0.1, 0.15) is 11.4 Å². The van der Waals surface area contributed by atoms with Crippen molar-refractivity contribution < 1.29 is 9.53 Å². The van der Waals surface area contributed by atoms with Gasteiger partial charge in [0, 0.05) is 27.2 Å². The van der Waals surface area contributed by atoms with E-state index in [1.807, 2.05) is 54.0 Å². The lowest BCUT2D eigenvalue weighted by Gasteiger charge is -2.06. The fourth-order valence-corrected chi connectivity index (χ4v) is 4.39. The SMILES string of the molecule is COc1cc(-n2cc(-c3ccc(NC(=O)c4cc(Br)cs4)cc3)nn2)ccc1Br. The summed E-state index contributed by atoms with van der Waals surface area (Å²) >= 11 is 8.19. The number of rotatable bonds is 5. The number of carbonyl (C=O) groups is 1. The maximum atomic E-state index is 12.3. The first-order chi connectivity index (χ1) is 14.0. The van der Waals surface area contributed by atoms with Crippen LogP contribution in [0.2, 0.25) is 0 Å². The molecule has 2 aromatic carbocycles. The minimum atomic E-state index is -0.136. The number of halogens is 2. The van der Waals surface area contributed by atoms with Gasteiger partial charge in [-0.2, -0.15) is 0 Å². The Morgan fingerprint density at radius 1 is 1.14 bits per heavy atom. The summed E-state index contributed by atoms with van der Waals surface area (Å²) in [5.41, 5.74) is 3.19. The number of aromatic nitrogens is 3. The molecular formula is C20H14Br2N4O2S. The number of nitrogens with zero attached hydrogens (tertiary/aromatic N) is 3. The molecule has 0 radical (unpaired) electrons. The first-order valence-electron chi connectivity index (χ1n) is 8.45. The van der Waals surface area contributed by atoms with Crippen LogP contribution in [0.25, 0.3) is 16.9 Å². The molecule has 0 unspecified atom stereocenters. The van der Waals surface area contributed by atoms with E-state index in [9.17, 15) is 4.79 Å². The van der Waals surface area contributed by atoms with E-state index in [1.54, 1.807) is 17.9 Å². The van der Waals surface area contributed by atoms with Gasteiger partial charge in [0.25, 0.3) is 5.91 Å². The van der Waals surface area contributed by atoms with Crippen molar-refractivity contribution in [3.05, 3.63) is 73.9 Å². The summed E-state index contributed by atoms with van der Waals surface area (Å²) in [4.78, 5) is 12.9. The summed E-state index contributed by atoms with van der Waals surface area (Å²) in [5, 5.41) is 13.2. The second-order valence-electron chi connectivity index (χ2n) is 6.03. The standard InChI is InChI=1S/C20H14Br2N4O2S/c1-28-18-9-15(6-7-16(18)22)26-10-17(24-25-26)12-2-4-14(5-3-12)23-20(27)19-8-13(21)11-29-19/h2-11H,1H3,(H,23,27). The van der Waals surface area contributed by atoms with E-state index in [4.69, 9.17) is 4.74 Å². The Balaban J connectivity index is 1.50. The Morgan fingerprint density at radius 2 is 1.93 bits per heavy atom. The highest BCUT2D eigenvalue weighted by molar-refractivity contribution is 9.10. The van der Waals surface area contributed by atoms with Crippen molar-refractivity contribution >= 4 is 54.8 Å². The molecule has 0 saturated carbocycles. The molecule has 0 spiro atoms. The van der Waals surface area contributed by atoms with Crippen LogP contribution in [-0.4, -0.2) is 28.0 Å². The number of benzene rings is 2. The van der Waals surface area contributed by atoms with Crippen molar-refractivity contribution in [2.24, 2.45) is 0 Å². The molecule has 0 aliphatic carbocycles. The topological polar surface area (TPSA) is 69.0 Å². The van der Waals surface area contributed by atoms with Crippen LogP contribution in [0.15, 0.2) is 69.1 Å². The molecule has 0 aliphatic rings. The number of hydrogen-bond donors (Lipinski definition) is 1. The molecule has 0 fully saturated rings. The summed E-state index contributed by atoms with van der Waals surface area (Å²) in [6.07, 6.45) is 1.85. The number of methoxy groups -OCH3 is 1. The van der Waals surface area contributed by atoms with E-state index in [-0.39, 0.29) is 5.91 Å². The van der Waals surface area contributed by atoms with Gasteiger partial charge >= 0.3 is 0 Å². The predicted octanol–water partition coefficient (Wildman–Crippen LogP) is 5.78. The van der Waals surface area contributed by atoms with Crippen LogP contribution >= 0.6 is 43.2 Å². The number of ether oxygens (including phenoxy) is 1. The largest absolute Gasteiger partial charge is 0.495 e. The monoisotopic (exact) mass is 532 g/mol. The lowest BCUT2D eigenvalue weighted by Crippen LogP contribution is -2.09. The van der Waals surface area contributed by atoms with E-state index in [2.05, 4.69) is 47.5 Å². The second kappa shape index (κ2) is 8.48. The van der Waals surface area contributed by atoms with Crippen molar-refractivity contribution in [2.45, 2.75) is 0 Å². The number of anilines is 1. The van der Waals surface area contributed by atoms with E-state index < -0.39 is 0 Å². The third-order valence-electron chi connectivity index (χ3n) is 4.12. The van der Waals surface area contributed by atoms with E-state index >= 15 is 0 Å². The van der Waals surface area contributed by atoms with E-state index in [1.165, 1.54) is 11.3 Å². The molecule has 0 saturated heterocycles. The van der Waals surface area contributed by atoms with Crippen LogP contribution in [0.4, 0.5) is 5.69 Å². The van der Waals surface area contributed by atoms with Crippen LogP contribution in [0, 0.1) is 0 Å². The highest BCUT2D eigenvalue weighted by atomic mass is 79.9. The van der Waals surface area contributed by atoms with Crippen molar-refractivity contribution in [2.75, 3.05) is 12.4 Å². The minimum absolute atomic E-state index is 0.136. The Bertz CT molecular complexity index is 1170. The third kappa shape index (κ3) is 4.42. The molecule has 9 heteroatoms. The molecule has 1 amide bonds. The van der Waals surface area contributed by atoms with Gasteiger partial charge in [-0.1, -0.05) is 17.3 Å². The third-order valence-corrected chi connectivity index (χ3v) is 6.47. The molecule has 146 valence electrons. The number of amides is 1. The van der Waals surface area contributed by atoms with E-state index in [0.717, 1.165) is 31.6 Å². The van der Waals surface area contributed by atoms with Gasteiger partial charge in [0.05, 0.1) is 28.3 Å². The Morgan fingerprint density at radius 3 is 2.62 bits per heavy atom. The summed E-state index contributed by atoms with van der Waals surface area (Å²) < 4.78 is 8.79. The smallest absolute Gasteiger partial charge is 0.265 e. The summed E-state index contributed by atoms with van der Waals surface area (Å²) in [5.74, 6) is 0.584. The number of thiophene rings is 1. The van der Waals surface area contributed by atoms with Gasteiger partial charge in [0.2, 0.25) is 0 Å². The number of carbonyl (C=O) groups excluding carboxylic acids is 1. The molecule has 0 atom stereocenters. The molecule has 4 aromatic rings. The highest BCUT2D eigenvalue weighted by Crippen LogP contribution is 2.28. The van der Waals surface area contributed by atoms with Crippen molar-refractivity contribution in [1.82, 2.24) is 15.0 Å². The summed E-state index contributed by atoms with van der Waals surface area (Å²) in [6.45, 7) is 0. The maximum Gasteiger partial charge on any atom is 0.265 e. The quantitative estimate of drug-likeness (QED) is 0.353. The van der Waals surface area contributed by atoms with Crippen LogP contribution in [0.3, 0.4) is 0 Å². The lowest BCUT2D eigenvalue weighted by molar-refractivity contribution is 0.103. The lowest BCUT2D eigenvalue weighted by atomic mass is 10.1. The van der Waals surface area contributed by atoms with Gasteiger partial charge in [-0.25, -0.2) is 4.68 Å². The van der Waals surface area contributed by atoms with Crippen LogP contribution < -0.4 is 10.1 Å². The fourth-order valence-electron chi connectivity index (χ4n) is 2.66. The van der Waals surface area contributed by atoms with Crippen molar-refractivity contribution in [3.8, 4) is 22.7 Å². The molecular weight excluding hydrogens is 520 g/mol. The summed E-state index contributed by atoms with van der Waals surface area (Å²) in [7, 11) is 1.62. The second-order valence-corrected chi connectivity index (χ2v) is 8.71. The van der Waals surface area contributed by atoms with Crippen LogP contribution in [0.1, 0.15) is 9.67 Å². The maximum absolute atomic E-state index is 12.3. The van der Waals surface area contributed by atoms with Gasteiger partial charge in [-0.15, -0.1) is 16.4 Å². The van der Waals surface area contributed by atoms with Crippen molar-refractivity contribution in [3.63, 3.8) is 0 Å². The minimum Gasteiger partial charge on any atom is -0.495 e. The zero-order valence-corrected chi connectivity index (χ0v) is 19.1. The average Bonchev–Trinajstić information content (AvgIpc) is 3.38.